The standard InChI is InChI=1S/C12H23NO2/c1-2-12(8-6-9-12)13-10-5-3-4-7-11(14)15/h13H,2-10H2,1H3,(H,14,15). The molecule has 0 unspecified atom stereocenters. The number of carbonyl (C=O) groups is 1. The number of carboxylic acids is 1. The van der Waals surface area contributed by atoms with E-state index in [4.69, 9.17) is 5.11 Å². The Morgan fingerprint density at radius 1 is 1.33 bits per heavy atom. The highest BCUT2D eigenvalue weighted by atomic mass is 16.4. The van der Waals surface area contributed by atoms with E-state index in [1.807, 2.05) is 0 Å². The lowest BCUT2D eigenvalue weighted by Crippen LogP contribution is -2.50. The minimum atomic E-state index is -0.674. The van der Waals surface area contributed by atoms with E-state index in [-0.39, 0.29) is 0 Å². The van der Waals surface area contributed by atoms with Crippen LogP contribution >= 0.6 is 0 Å². The number of rotatable bonds is 8. The second-order valence-electron chi connectivity index (χ2n) is 4.62. The summed E-state index contributed by atoms with van der Waals surface area (Å²) >= 11 is 0. The van der Waals surface area contributed by atoms with Crippen LogP contribution in [0.5, 0.6) is 0 Å². The molecular formula is C12H23NO2. The fourth-order valence-electron chi connectivity index (χ4n) is 2.19. The van der Waals surface area contributed by atoms with Gasteiger partial charge in [-0.3, -0.25) is 4.79 Å². The van der Waals surface area contributed by atoms with Crippen LogP contribution in [0, 0.1) is 0 Å². The maximum absolute atomic E-state index is 10.3. The van der Waals surface area contributed by atoms with Gasteiger partial charge in [0.1, 0.15) is 0 Å². The molecule has 1 saturated carbocycles. The Kier molecular flexibility index (Phi) is 5.09. The molecule has 0 aliphatic heterocycles. The first-order valence-corrected chi connectivity index (χ1v) is 6.15. The van der Waals surface area contributed by atoms with Crippen molar-refractivity contribution in [2.45, 2.75) is 63.8 Å². The Bertz CT molecular complexity index is 194. The van der Waals surface area contributed by atoms with Crippen LogP contribution in [0.2, 0.25) is 0 Å². The van der Waals surface area contributed by atoms with Gasteiger partial charge >= 0.3 is 5.97 Å². The van der Waals surface area contributed by atoms with E-state index in [0.29, 0.717) is 12.0 Å². The Balaban J connectivity index is 1.94. The predicted molar refractivity (Wildman–Crippen MR) is 61.0 cm³/mol. The van der Waals surface area contributed by atoms with Crippen molar-refractivity contribution in [3.8, 4) is 0 Å². The van der Waals surface area contributed by atoms with Crippen LogP contribution in [0.15, 0.2) is 0 Å². The van der Waals surface area contributed by atoms with Gasteiger partial charge in [-0.25, -0.2) is 0 Å². The average molecular weight is 213 g/mol. The molecule has 1 fully saturated rings. The molecule has 0 atom stereocenters. The molecular weight excluding hydrogens is 190 g/mol. The number of aliphatic carboxylic acids is 1. The van der Waals surface area contributed by atoms with Crippen molar-refractivity contribution in [1.82, 2.24) is 5.32 Å². The van der Waals surface area contributed by atoms with E-state index >= 15 is 0 Å². The molecule has 1 rings (SSSR count). The van der Waals surface area contributed by atoms with Crippen molar-refractivity contribution >= 4 is 5.97 Å². The van der Waals surface area contributed by atoms with Crippen LogP contribution in [0.4, 0.5) is 0 Å². The zero-order chi connectivity index (χ0) is 11.1. The minimum Gasteiger partial charge on any atom is -0.481 e. The van der Waals surface area contributed by atoms with E-state index < -0.39 is 5.97 Å². The average Bonchev–Trinajstić information content (AvgIpc) is 2.14. The summed E-state index contributed by atoms with van der Waals surface area (Å²) in [7, 11) is 0. The molecule has 0 amide bonds. The minimum absolute atomic E-state index is 0.318. The number of nitrogens with one attached hydrogen (secondary N) is 1. The Hall–Kier alpha value is -0.570. The third-order valence-corrected chi connectivity index (χ3v) is 3.55. The summed E-state index contributed by atoms with van der Waals surface area (Å²) in [6.07, 6.45) is 8.49. The second kappa shape index (κ2) is 6.11. The molecule has 0 bridgehead atoms. The van der Waals surface area contributed by atoms with E-state index in [1.54, 1.807) is 0 Å². The Labute approximate surface area is 92.3 Å². The smallest absolute Gasteiger partial charge is 0.303 e. The molecule has 3 heteroatoms. The third-order valence-electron chi connectivity index (χ3n) is 3.55. The topological polar surface area (TPSA) is 49.3 Å². The molecule has 0 spiro atoms. The summed E-state index contributed by atoms with van der Waals surface area (Å²) < 4.78 is 0. The van der Waals surface area contributed by atoms with Gasteiger partial charge in [0.05, 0.1) is 0 Å². The van der Waals surface area contributed by atoms with Gasteiger partial charge in [0, 0.05) is 12.0 Å². The van der Waals surface area contributed by atoms with Crippen molar-refractivity contribution in [1.29, 1.82) is 0 Å². The maximum Gasteiger partial charge on any atom is 0.303 e. The molecule has 0 heterocycles. The number of hydrogen-bond acceptors (Lipinski definition) is 2. The number of unbranched alkanes of at least 4 members (excludes halogenated alkanes) is 2. The van der Waals surface area contributed by atoms with Crippen molar-refractivity contribution in [2.75, 3.05) is 6.54 Å². The van der Waals surface area contributed by atoms with E-state index in [0.717, 1.165) is 25.8 Å². The van der Waals surface area contributed by atoms with Crippen molar-refractivity contribution in [3.05, 3.63) is 0 Å². The van der Waals surface area contributed by atoms with Crippen LogP contribution in [0.25, 0.3) is 0 Å². The van der Waals surface area contributed by atoms with Gasteiger partial charge in [0.15, 0.2) is 0 Å². The summed E-state index contributed by atoms with van der Waals surface area (Å²) in [6.45, 7) is 3.30. The van der Waals surface area contributed by atoms with Crippen LogP contribution in [0.1, 0.15) is 58.3 Å². The molecule has 0 aromatic rings. The molecule has 15 heavy (non-hydrogen) atoms. The highest BCUT2D eigenvalue weighted by Gasteiger charge is 2.33. The molecule has 3 nitrogen and oxygen atoms in total. The fraction of sp³-hybridized carbons (Fsp3) is 0.917. The molecule has 2 N–H and O–H groups in total. The van der Waals surface area contributed by atoms with Gasteiger partial charge < -0.3 is 10.4 Å². The zero-order valence-electron chi connectivity index (χ0n) is 9.72. The van der Waals surface area contributed by atoms with Crippen molar-refractivity contribution < 1.29 is 9.90 Å². The van der Waals surface area contributed by atoms with E-state index in [9.17, 15) is 4.79 Å². The predicted octanol–water partition coefficient (Wildman–Crippen LogP) is 2.55. The molecule has 1 aliphatic carbocycles. The highest BCUT2D eigenvalue weighted by molar-refractivity contribution is 5.66. The molecule has 0 radical (unpaired) electrons. The fourth-order valence-corrected chi connectivity index (χ4v) is 2.19. The third kappa shape index (κ3) is 4.20. The summed E-state index contributed by atoms with van der Waals surface area (Å²) in [5.41, 5.74) is 0.437. The summed E-state index contributed by atoms with van der Waals surface area (Å²) in [6, 6.07) is 0. The van der Waals surface area contributed by atoms with Gasteiger partial charge in [-0.2, -0.15) is 0 Å². The van der Waals surface area contributed by atoms with E-state index in [2.05, 4.69) is 12.2 Å². The molecule has 0 aromatic carbocycles. The molecule has 0 saturated heterocycles. The lowest BCUT2D eigenvalue weighted by Gasteiger charge is -2.42. The van der Waals surface area contributed by atoms with Gasteiger partial charge in [-0.15, -0.1) is 0 Å². The van der Waals surface area contributed by atoms with Crippen LogP contribution in [-0.4, -0.2) is 23.2 Å². The van der Waals surface area contributed by atoms with Crippen LogP contribution in [-0.2, 0) is 4.79 Å². The van der Waals surface area contributed by atoms with Gasteiger partial charge in [-0.05, 0) is 45.1 Å². The first-order chi connectivity index (χ1) is 7.18. The molecule has 1 aliphatic rings. The van der Waals surface area contributed by atoms with Gasteiger partial charge in [-0.1, -0.05) is 13.3 Å². The SMILES string of the molecule is CCC1(NCCCCCC(=O)O)CCC1. The first-order valence-electron chi connectivity index (χ1n) is 6.15. The molecule has 88 valence electrons. The zero-order valence-corrected chi connectivity index (χ0v) is 9.72. The Morgan fingerprint density at radius 2 is 2.07 bits per heavy atom. The second-order valence-corrected chi connectivity index (χ2v) is 4.62. The Morgan fingerprint density at radius 3 is 2.53 bits per heavy atom. The van der Waals surface area contributed by atoms with Gasteiger partial charge in [0.2, 0.25) is 0 Å². The first kappa shape index (κ1) is 12.5. The van der Waals surface area contributed by atoms with Crippen LogP contribution < -0.4 is 5.32 Å². The lowest BCUT2D eigenvalue weighted by molar-refractivity contribution is -0.137. The van der Waals surface area contributed by atoms with Crippen LogP contribution in [0.3, 0.4) is 0 Å². The lowest BCUT2D eigenvalue weighted by atomic mass is 9.75. The quantitative estimate of drug-likeness (QED) is 0.609. The highest BCUT2D eigenvalue weighted by Crippen LogP contribution is 2.34. The summed E-state index contributed by atoms with van der Waals surface area (Å²) in [5, 5.41) is 12.1. The summed E-state index contributed by atoms with van der Waals surface area (Å²) in [4.78, 5) is 10.3. The summed E-state index contributed by atoms with van der Waals surface area (Å²) in [5.74, 6) is -0.674. The monoisotopic (exact) mass is 213 g/mol. The van der Waals surface area contributed by atoms with Crippen molar-refractivity contribution in [3.63, 3.8) is 0 Å². The maximum atomic E-state index is 10.3. The van der Waals surface area contributed by atoms with Gasteiger partial charge in [0.25, 0.3) is 0 Å². The normalized spacial score (nSPS) is 18.5. The molecule has 0 aromatic heterocycles. The van der Waals surface area contributed by atoms with Crippen molar-refractivity contribution in [2.24, 2.45) is 0 Å². The van der Waals surface area contributed by atoms with E-state index in [1.165, 1.54) is 25.7 Å². The number of carboxylic acid groups (broad SMARTS) is 1. The largest absolute Gasteiger partial charge is 0.481 e. The number of hydrogen-bond donors (Lipinski definition) is 2.